The molecule has 1 atom stereocenters. The number of hydrogen-bond acceptors (Lipinski definition) is 3. The molecule has 1 aromatic carbocycles. The van der Waals surface area contributed by atoms with Crippen LogP contribution in [0.3, 0.4) is 0 Å². The van der Waals surface area contributed by atoms with Crippen molar-refractivity contribution in [2.24, 2.45) is 0 Å². The number of nitrogens with zero attached hydrogens (tertiary/aromatic N) is 1. The number of anilines is 1. The fourth-order valence-electron chi connectivity index (χ4n) is 2.38. The van der Waals surface area contributed by atoms with Crippen molar-refractivity contribution in [1.29, 1.82) is 0 Å². The van der Waals surface area contributed by atoms with Gasteiger partial charge >= 0.3 is 5.97 Å². The van der Waals surface area contributed by atoms with Crippen molar-refractivity contribution in [3.05, 3.63) is 29.3 Å². The van der Waals surface area contributed by atoms with Gasteiger partial charge in [-0.1, -0.05) is 13.0 Å². The highest BCUT2D eigenvalue weighted by Gasteiger charge is 2.24. The third-order valence-electron chi connectivity index (χ3n) is 3.76. The van der Waals surface area contributed by atoms with Crippen LogP contribution >= 0.6 is 0 Å². The molecular formula is C15H20N2O3. The van der Waals surface area contributed by atoms with Gasteiger partial charge in [-0.25, -0.2) is 0 Å². The van der Waals surface area contributed by atoms with Crippen LogP contribution in [0.5, 0.6) is 0 Å². The van der Waals surface area contributed by atoms with Crippen LogP contribution in [0.15, 0.2) is 18.2 Å². The summed E-state index contributed by atoms with van der Waals surface area (Å²) in [5.41, 5.74) is 2.73. The fourth-order valence-corrected chi connectivity index (χ4v) is 2.38. The molecule has 0 aromatic heterocycles. The van der Waals surface area contributed by atoms with Crippen LogP contribution in [-0.2, 0) is 11.2 Å². The second-order valence-electron chi connectivity index (χ2n) is 5.13. The predicted molar refractivity (Wildman–Crippen MR) is 77.1 cm³/mol. The maximum atomic E-state index is 12.5. The lowest BCUT2D eigenvalue weighted by molar-refractivity contribution is -0.138. The number of carbonyl (C=O) groups excluding carboxylic acids is 1. The summed E-state index contributed by atoms with van der Waals surface area (Å²) in [7, 11) is 0. The molecule has 1 aliphatic heterocycles. The van der Waals surface area contributed by atoms with E-state index in [9.17, 15) is 9.59 Å². The lowest BCUT2D eigenvalue weighted by Gasteiger charge is -2.27. The number of carboxylic acid groups (broad SMARTS) is 1. The number of carboxylic acids is 1. The van der Waals surface area contributed by atoms with E-state index in [0.717, 1.165) is 25.1 Å². The molecule has 0 radical (unpaired) electrons. The largest absolute Gasteiger partial charge is 0.480 e. The minimum atomic E-state index is -0.988. The Hall–Kier alpha value is -2.04. The zero-order chi connectivity index (χ0) is 14.7. The summed E-state index contributed by atoms with van der Waals surface area (Å²) >= 11 is 0. The molecule has 5 heteroatoms. The van der Waals surface area contributed by atoms with Crippen LogP contribution in [0.1, 0.15) is 36.2 Å². The van der Waals surface area contributed by atoms with E-state index in [2.05, 4.69) is 5.32 Å². The molecule has 0 spiro atoms. The van der Waals surface area contributed by atoms with Crippen molar-refractivity contribution in [2.45, 2.75) is 32.7 Å². The summed E-state index contributed by atoms with van der Waals surface area (Å²) in [6, 6.07) is 5.45. The van der Waals surface area contributed by atoms with E-state index in [-0.39, 0.29) is 18.5 Å². The van der Waals surface area contributed by atoms with Crippen LogP contribution in [0.4, 0.5) is 5.69 Å². The number of amides is 1. The minimum Gasteiger partial charge on any atom is -0.480 e. The Morgan fingerprint density at radius 3 is 2.85 bits per heavy atom. The highest BCUT2D eigenvalue weighted by atomic mass is 16.4. The number of aliphatic carboxylic acids is 1. The van der Waals surface area contributed by atoms with Crippen molar-refractivity contribution >= 4 is 17.6 Å². The molecule has 1 heterocycles. The Morgan fingerprint density at radius 2 is 2.20 bits per heavy atom. The highest BCUT2D eigenvalue weighted by Crippen LogP contribution is 2.24. The maximum Gasteiger partial charge on any atom is 0.323 e. The second-order valence-corrected chi connectivity index (χ2v) is 5.13. The van der Waals surface area contributed by atoms with Crippen LogP contribution in [-0.4, -0.2) is 41.0 Å². The van der Waals surface area contributed by atoms with Gasteiger partial charge in [0, 0.05) is 23.8 Å². The van der Waals surface area contributed by atoms with Crippen LogP contribution in [0, 0.1) is 0 Å². The predicted octanol–water partition coefficient (Wildman–Crippen LogP) is 1.98. The van der Waals surface area contributed by atoms with Gasteiger partial charge in [0.05, 0.1) is 0 Å². The van der Waals surface area contributed by atoms with Crippen LogP contribution < -0.4 is 5.32 Å². The van der Waals surface area contributed by atoms with Crippen LogP contribution in [0.2, 0.25) is 0 Å². The van der Waals surface area contributed by atoms with E-state index >= 15 is 0 Å². The molecule has 2 rings (SSSR count). The van der Waals surface area contributed by atoms with Gasteiger partial charge in [0.25, 0.3) is 5.91 Å². The fraction of sp³-hybridized carbons (Fsp3) is 0.467. The molecule has 1 unspecified atom stereocenters. The quantitative estimate of drug-likeness (QED) is 0.862. The Bertz CT molecular complexity index is 528. The van der Waals surface area contributed by atoms with Crippen molar-refractivity contribution in [2.75, 3.05) is 18.4 Å². The van der Waals surface area contributed by atoms with Crippen molar-refractivity contribution in [3.63, 3.8) is 0 Å². The van der Waals surface area contributed by atoms with Crippen molar-refractivity contribution in [3.8, 4) is 0 Å². The molecule has 20 heavy (non-hydrogen) atoms. The molecule has 0 saturated carbocycles. The topological polar surface area (TPSA) is 69.6 Å². The van der Waals surface area contributed by atoms with Gasteiger partial charge in [0.2, 0.25) is 0 Å². The molecule has 1 aromatic rings. The first-order valence-corrected chi connectivity index (χ1v) is 6.92. The van der Waals surface area contributed by atoms with E-state index < -0.39 is 5.97 Å². The van der Waals surface area contributed by atoms with Gasteiger partial charge in [-0.2, -0.15) is 0 Å². The zero-order valence-corrected chi connectivity index (χ0v) is 11.8. The summed E-state index contributed by atoms with van der Waals surface area (Å²) in [5, 5.41) is 12.2. The van der Waals surface area contributed by atoms with Gasteiger partial charge in [0.15, 0.2) is 0 Å². The van der Waals surface area contributed by atoms with E-state index in [1.54, 1.807) is 6.07 Å². The molecule has 1 aliphatic rings. The second kappa shape index (κ2) is 5.94. The van der Waals surface area contributed by atoms with Crippen molar-refractivity contribution < 1.29 is 14.7 Å². The molecular weight excluding hydrogens is 256 g/mol. The first-order valence-electron chi connectivity index (χ1n) is 6.92. The number of hydrogen-bond donors (Lipinski definition) is 2. The Labute approximate surface area is 118 Å². The highest BCUT2D eigenvalue weighted by molar-refractivity contribution is 5.97. The number of fused-ring (bicyclic) bond motifs is 1. The maximum absolute atomic E-state index is 12.5. The smallest absolute Gasteiger partial charge is 0.323 e. The van der Waals surface area contributed by atoms with E-state index in [1.165, 1.54) is 10.5 Å². The monoisotopic (exact) mass is 276 g/mol. The molecule has 0 bridgehead atoms. The minimum absolute atomic E-state index is 0.0974. The summed E-state index contributed by atoms with van der Waals surface area (Å²) in [4.78, 5) is 24.9. The standard InChI is InChI=1S/C15H20N2O3/c1-3-10(2)17(9-14(18)19)15(20)12-5-4-11-6-7-16-13(11)8-12/h4-5,8,10,16H,3,6-7,9H2,1-2H3,(H,18,19). The molecule has 0 aliphatic carbocycles. The van der Waals surface area contributed by atoms with Gasteiger partial charge in [-0.15, -0.1) is 0 Å². The number of nitrogens with one attached hydrogen (secondary N) is 1. The third-order valence-corrected chi connectivity index (χ3v) is 3.76. The summed E-state index contributed by atoms with van der Waals surface area (Å²) in [6.07, 6.45) is 1.69. The van der Waals surface area contributed by atoms with E-state index in [0.29, 0.717) is 5.56 Å². The third kappa shape index (κ3) is 2.92. The molecule has 0 saturated heterocycles. The molecule has 5 nitrogen and oxygen atoms in total. The normalized spacial score (nSPS) is 14.3. The lowest BCUT2D eigenvalue weighted by Crippen LogP contribution is -2.41. The summed E-state index contributed by atoms with van der Waals surface area (Å²) in [6.45, 7) is 4.43. The number of benzene rings is 1. The molecule has 108 valence electrons. The molecule has 1 amide bonds. The summed E-state index contributed by atoms with van der Waals surface area (Å²) in [5.74, 6) is -1.21. The number of carbonyl (C=O) groups is 2. The molecule has 2 N–H and O–H groups in total. The Balaban J connectivity index is 2.24. The van der Waals surface area contributed by atoms with Crippen molar-refractivity contribution in [1.82, 2.24) is 4.90 Å². The SMILES string of the molecule is CCC(C)N(CC(=O)O)C(=O)c1ccc2c(c1)NCC2. The van der Waals surface area contributed by atoms with Gasteiger partial charge in [-0.05, 0) is 37.5 Å². The average molecular weight is 276 g/mol. The Morgan fingerprint density at radius 1 is 1.45 bits per heavy atom. The zero-order valence-electron chi connectivity index (χ0n) is 11.8. The van der Waals surface area contributed by atoms with Crippen LogP contribution in [0.25, 0.3) is 0 Å². The van der Waals surface area contributed by atoms with E-state index in [4.69, 9.17) is 5.11 Å². The number of rotatable bonds is 5. The van der Waals surface area contributed by atoms with E-state index in [1.807, 2.05) is 26.0 Å². The first-order chi connectivity index (χ1) is 9.52. The Kier molecular flexibility index (Phi) is 4.27. The van der Waals surface area contributed by atoms with Gasteiger partial charge < -0.3 is 15.3 Å². The van der Waals surface area contributed by atoms with Gasteiger partial charge in [0.1, 0.15) is 6.54 Å². The average Bonchev–Trinajstić information content (AvgIpc) is 2.90. The first kappa shape index (κ1) is 14.4. The molecule has 0 fully saturated rings. The summed E-state index contributed by atoms with van der Waals surface area (Å²) < 4.78 is 0. The van der Waals surface area contributed by atoms with Gasteiger partial charge in [-0.3, -0.25) is 9.59 Å². The lowest BCUT2D eigenvalue weighted by atomic mass is 10.1.